The van der Waals surface area contributed by atoms with Gasteiger partial charge in [-0.2, -0.15) is 0 Å². The number of hydrogen-bond acceptors (Lipinski definition) is 5. The summed E-state index contributed by atoms with van der Waals surface area (Å²) in [5.41, 5.74) is 7.94. The van der Waals surface area contributed by atoms with E-state index >= 15 is 0 Å². The molecular formula is C16H25N3O2. The van der Waals surface area contributed by atoms with Gasteiger partial charge in [-0.1, -0.05) is 0 Å². The number of methoxy groups -OCH3 is 1. The van der Waals surface area contributed by atoms with Gasteiger partial charge in [0.2, 0.25) is 0 Å². The molecule has 0 aliphatic carbocycles. The first-order valence-corrected chi connectivity index (χ1v) is 7.47. The van der Waals surface area contributed by atoms with Gasteiger partial charge < -0.3 is 20.7 Å². The number of nitrogens with two attached hydrogens (primary N) is 1. The number of ether oxygens (including phenoxy) is 1. The van der Waals surface area contributed by atoms with E-state index in [4.69, 9.17) is 10.5 Å². The molecule has 0 aromatic heterocycles. The van der Waals surface area contributed by atoms with Gasteiger partial charge in [-0.15, -0.1) is 0 Å². The minimum atomic E-state index is -0.343. The maximum atomic E-state index is 11.6. The first-order valence-electron chi connectivity index (χ1n) is 7.47. The molecule has 1 aliphatic heterocycles. The Morgan fingerprint density at radius 1 is 1.52 bits per heavy atom. The topological polar surface area (TPSA) is 67.6 Å². The van der Waals surface area contributed by atoms with Gasteiger partial charge in [-0.25, -0.2) is 4.79 Å². The van der Waals surface area contributed by atoms with Gasteiger partial charge in [0.25, 0.3) is 0 Å². The molecule has 21 heavy (non-hydrogen) atoms. The van der Waals surface area contributed by atoms with Crippen LogP contribution in [0.1, 0.15) is 30.6 Å². The van der Waals surface area contributed by atoms with Gasteiger partial charge in [-0.3, -0.25) is 0 Å². The van der Waals surface area contributed by atoms with E-state index < -0.39 is 0 Å². The average molecular weight is 291 g/mol. The molecule has 1 aliphatic rings. The summed E-state index contributed by atoms with van der Waals surface area (Å²) in [5, 5.41) is 3.37. The number of hydrogen-bond donors (Lipinski definition) is 2. The van der Waals surface area contributed by atoms with E-state index in [-0.39, 0.29) is 5.97 Å². The van der Waals surface area contributed by atoms with Crippen LogP contribution in [0.2, 0.25) is 0 Å². The summed E-state index contributed by atoms with van der Waals surface area (Å²) < 4.78 is 4.74. The summed E-state index contributed by atoms with van der Waals surface area (Å²) in [6.45, 7) is 7.60. The van der Waals surface area contributed by atoms with Crippen molar-refractivity contribution in [1.29, 1.82) is 0 Å². The zero-order valence-electron chi connectivity index (χ0n) is 13.1. The zero-order chi connectivity index (χ0) is 15.4. The highest BCUT2D eigenvalue weighted by Crippen LogP contribution is 2.23. The Kier molecular flexibility index (Phi) is 5.07. The summed E-state index contributed by atoms with van der Waals surface area (Å²) in [6.07, 6.45) is 1.20. The number of nitrogen functional groups attached to an aromatic ring is 1. The lowest BCUT2D eigenvalue weighted by Crippen LogP contribution is -2.29. The minimum absolute atomic E-state index is 0.343. The lowest BCUT2D eigenvalue weighted by molar-refractivity contribution is 0.0601. The van der Waals surface area contributed by atoms with Crippen LogP contribution in [0.25, 0.3) is 0 Å². The van der Waals surface area contributed by atoms with Gasteiger partial charge in [0.1, 0.15) is 0 Å². The van der Waals surface area contributed by atoms with E-state index in [0.29, 0.717) is 23.2 Å². The van der Waals surface area contributed by atoms with Gasteiger partial charge >= 0.3 is 5.97 Å². The monoisotopic (exact) mass is 291 g/mol. The molecule has 0 amide bonds. The molecule has 0 saturated carbocycles. The van der Waals surface area contributed by atoms with Gasteiger partial charge in [0.05, 0.1) is 24.0 Å². The Morgan fingerprint density at radius 2 is 2.29 bits per heavy atom. The van der Waals surface area contributed by atoms with Crippen LogP contribution in [-0.2, 0) is 4.74 Å². The van der Waals surface area contributed by atoms with Crippen LogP contribution in [0.15, 0.2) is 18.2 Å². The molecule has 1 unspecified atom stereocenters. The molecule has 0 spiro atoms. The molecular weight excluding hydrogens is 266 g/mol. The number of anilines is 2. The minimum Gasteiger partial charge on any atom is -0.465 e. The molecule has 116 valence electrons. The first kappa shape index (κ1) is 15.6. The van der Waals surface area contributed by atoms with Crippen LogP contribution in [0.3, 0.4) is 0 Å². The number of nitrogens with zero attached hydrogens (tertiary/aromatic N) is 1. The Bertz CT molecular complexity index is 502. The van der Waals surface area contributed by atoms with Gasteiger partial charge in [0.15, 0.2) is 0 Å². The molecule has 1 aromatic rings. The van der Waals surface area contributed by atoms with Crippen molar-refractivity contribution in [3.63, 3.8) is 0 Å². The number of likely N-dealkylation sites (tertiary alicyclic amines) is 1. The Labute approximate surface area is 126 Å². The predicted octanol–water partition coefficient (Wildman–Crippen LogP) is 2.20. The summed E-state index contributed by atoms with van der Waals surface area (Å²) in [4.78, 5) is 14.0. The number of carbonyl (C=O) groups excluding carboxylic acids is 1. The fourth-order valence-electron chi connectivity index (χ4n) is 2.71. The Hall–Kier alpha value is -1.75. The summed E-state index contributed by atoms with van der Waals surface area (Å²) in [5.74, 6) is 0.276. The number of benzene rings is 1. The molecule has 5 heteroatoms. The average Bonchev–Trinajstić information content (AvgIpc) is 2.94. The third kappa shape index (κ3) is 3.88. The quantitative estimate of drug-likeness (QED) is 0.643. The molecule has 1 fully saturated rings. The highest BCUT2D eigenvalue weighted by molar-refractivity contribution is 5.91. The van der Waals surface area contributed by atoms with Crippen molar-refractivity contribution in [2.45, 2.75) is 26.3 Å². The number of nitrogens with one attached hydrogen (secondary N) is 1. The molecule has 1 aromatic carbocycles. The number of esters is 1. The smallest absolute Gasteiger partial charge is 0.337 e. The molecule has 0 radical (unpaired) electrons. The van der Waals surface area contributed by atoms with Gasteiger partial charge in [-0.05, 0) is 50.9 Å². The number of rotatable bonds is 5. The predicted molar refractivity (Wildman–Crippen MR) is 85.5 cm³/mol. The molecule has 1 atom stereocenters. The van der Waals surface area contributed by atoms with Crippen LogP contribution in [0, 0.1) is 5.92 Å². The molecule has 5 nitrogen and oxygen atoms in total. The fraction of sp³-hybridized carbons (Fsp3) is 0.562. The highest BCUT2D eigenvalue weighted by atomic mass is 16.5. The standard InChI is InChI=1S/C16H25N3O2/c1-11(2)19-7-6-12(10-19)9-18-15-8-13(16(20)21-3)4-5-14(15)17/h4-5,8,11-12,18H,6-7,9-10,17H2,1-3H3. The third-order valence-corrected chi connectivity index (χ3v) is 4.10. The second kappa shape index (κ2) is 6.80. The van der Waals surface area contributed by atoms with Crippen molar-refractivity contribution in [3.8, 4) is 0 Å². The van der Waals surface area contributed by atoms with E-state index in [2.05, 4.69) is 24.1 Å². The Morgan fingerprint density at radius 3 is 2.90 bits per heavy atom. The number of carbonyl (C=O) groups is 1. The summed E-state index contributed by atoms with van der Waals surface area (Å²) >= 11 is 0. The SMILES string of the molecule is COC(=O)c1ccc(N)c(NCC2CCN(C(C)C)C2)c1. The van der Waals surface area contributed by atoms with Crippen LogP contribution < -0.4 is 11.1 Å². The van der Waals surface area contributed by atoms with Crippen molar-refractivity contribution in [2.24, 2.45) is 5.92 Å². The molecule has 2 rings (SSSR count). The second-order valence-electron chi connectivity index (χ2n) is 5.92. The lowest BCUT2D eigenvalue weighted by atomic mass is 10.1. The molecule has 3 N–H and O–H groups in total. The first-order chi connectivity index (χ1) is 10.0. The highest BCUT2D eigenvalue weighted by Gasteiger charge is 2.24. The summed E-state index contributed by atoms with van der Waals surface area (Å²) in [6, 6.07) is 5.78. The second-order valence-corrected chi connectivity index (χ2v) is 5.92. The van der Waals surface area contributed by atoms with Crippen LogP contribution in [0.5, 0.6) is 0 Å². The van der Waals surface area contributed by atoms with E-state index in [9.17, 15) is 4.79 Å². The molecule has 1 heterocycles. The van der Waals surface area contributed by atoms with E-state index in [1.807, 2.05) is 0 Å². The molecule has 1 saturated heterocycles. The van der Waals surface area contributed by atoms with Crippen molar-refractivity contribution < 1.29 is 9.53 Å². The van der Waals surface area contributed by atoms with E-state index in [1.165, 1.54) is 13.5 Å². The van der Waals surface area contributed by atoms with Crippen molar-refractivity contribution in [1.82, 2.24) is 4.90 Å². The third-order valence-electron chi connectivity index (χ3n) is 4.10. The van der Waals surface area contributed by atoms with Crippen molar-refractivity contribution in [2.75, 3.05) is 37.8 Å². The summed E-state index contributed by atoms with van der Waals surface area (Å²) in [7, 11) is 1.38. The molecule has 0 bridgehead atoms. The Balaban J connectivity index is 1.95. The van der Waals surface area contributed by atoms with Crippen molar-refractivity contribution >= 4 is 17.3 Å². The van der Waals surface area contributed by atoms with Gasteiger partial charge in [0, 0.05) is 19.1 Å². The maximum Gasteiger partial charge on any atom is 0.337 e. The van der Waals surface area contributed by atoms with E-state index in [1.54, 1.807) is 18.2 Å². The normalized spacial score (nSPS) is 19.0. The van der Waals surface area contributed by atoms with Crippen LogP contribution >= 0.6 is 0 Å². The largest absolute Gasteiger partial charge is 0.465 e. The lowest BCUT2D eigenvalue weighted by Gasteiger charge is -2.20. The van der Waals surface area contributed by atoms with E-state index in [0.717, 1.165) is 25.3 Å². The van der Waals surface area contributed by atoms with Crippen molar-refractivity contribution in [3.05, 3.63) is 23.8 Å². The fourth-order valence-corrected chi connectivity index (χ4v) is 2.71. The maximum absolute atomic E-state index is 11.6. The zero-order valence-corrected chi connectivity index (χ0v) is 13.1. The van der Waals surface area contributed by atoms with Crippen LogP contribution in [0.4, 0.5) is 11.4 Å². The van der Waals surface area contributed by atoms with Crippen LogP contribution in [-0.4, -0.2) is 43.7 Å².